The van der Waals surface area contributed by atoms with Gasteiger partial charge >= 0.3 is 0 Å². The molecule has 2 aromatic rings. The van der Waals surface area contributed by atoms with Crippen LogP contribution in [0, 0.1) is 6.92 Å². The van der Waals surface area contributed by atoms with E-state index in [0.717, 1.165) is 20.3 Å². The fraction of sp³-hybridized carbons (Fsp3) is 0.182. The van der Waals surface area contributed by atoms with E-state index in [2.05, 4.69) is 49.1 Å². The molecular formula is C11H11Br2N3. The van der Waals surface area contributed by atoms with Gasteiger partial charge in [0.15, 0.2) is 0 Å². The monoisotopic (exact) mass is 343 g/mol. The van der Waals surface area contributed by atoms with Gasteiger partial charge in [0.25, 0.3) is 0 Å². The maximum Gasteiger partial charge on any atom is 0.0929 e. The third-order valence-corrected chi connectivity index (χ3v) is 3.45. The molecule has 0 unspecified atom stereocenters. The Morgan fingerprint density at radius 1 is 1.31 bits per heavy atom. The Morgan fingerprint density at radius 3 is 2.44 bits per heavy atom. The molecule has 84 valence electrons. The third-order valence-electron chi connectivity index (χ3n) is 2.24. The average Bonchev–Trinajstić information content (AvgIpc) is 2.64. The van der Waals surface area contributed by atoms with E-state index in [-0.39, 0.29) is 0 Å². The van der Waals surface area contributed by atoms with Crippen molar-refractivity contribution < 1.29 is 0 Å². The zero-order valence-corrected chi connectivity index (χ0v) is 11.9. The molecule has 5 heteroatoms. The van der Waals surface area contributed by atoms with E-state index in [1.807, 2.05) is 23.9 Å². The van der Waals surface area contributed by atoms with Crippen molar-refractivity contribution in [3.05, 3.63) is 44.6 Å². The molecule has 0 saturated heterocycles. The molecule has 1 aromatic heterocycles. The van der Waals surface area contributed by atoms with Crippen molar-refractivity contribution in [2.24, 2.45) is 5.73 Å². The number of benzene rings is 1. The summed E-state index contributed by atoms with van der Waals surface area (Å²) in [4.78, 5) is 0. The third kappa shape index (κ3) is 2.21. The fourth-order valence-corrected chi connectivity index (χ4v) is 3.28. The van der Waals surface area contributed by atoms with Crippen molar-refractivity contribution in [2.45, 2.75) is 13.5 Å². The van der Waals surface area contributed by atoms with E-state index in [1.165, 1.54) is 5.56 Å². The molecule has 0 fully saturated rings. The number of nitrogens with two attached hydrogens (primary N) is 1. The van der Waals surface area contributed by atoms with Crippen LogP contribution in [0.3, 0.4) is 0 Å². The predicted octanol–water partition coefficient (Wildman–Crippen LogP) is 3.16. The van der Waals surface area contributed by atoms with Crippen molar-refractivity contribution in [3.8, 4) is 5.69 Å². The minimum Gasteiger partial charge on any atom is -0.325 e. The molecule has 0 radical (unpaired) electrons. The van der Waals surface area contributed by atoms with Crippen LogP contribution < -0.4 is 5.73 Å². The Kier molecular flexibility index (Phi) is 3.47. The highest BCUT2D eigenvalue weighted by atomic mass is 79.9. The average molecular weight is 345 g/mol. The Bertz CT molecular complexity index is 497. The van der Waals surface area contributed by atoms with E-state index in [4.69, 9.17) is 5.73 Å². The van der Waals surface area contributed by atoms with Gasteiger partial charge in [0, 0.05) is 21.7 Å². The number of rotatable bonds is 2. The first-order valence-electron chi connectivity index (χ1n) is 4.82. The summed E-state index contributed by atoms with van der Waals surface area (Å²) < 4.78 is 3.83. The fourth-order valence-electron chi connectivity index (χ4n) is 1.51. The molecule has 3 nitrogen and oxygen atoms in total. The van der Waals surface area contributed by atoms with Crippen LogP contribution in [0.1, 0.15) is 11.3 Å². The van der Waals surface area contributed by atoms with Gasteiger partial charge in [-0.15, -0.1) is 0 Å². The largest absolute Gasteiger partial charge is 0.325 e. The topological polar surface area (TPSA) is 43.8 Å². The summed E-state index contributed by atoms with van der Waals surface area (Å²) in [5.41, 5.74) is 8.60. The highest BCUT2D eigenvalue weighted by Crippen LogP contribution is 2.30. The van der Waals surface area contributed by atoms with Crippen LogP contribution in [0.4, 0.5) is 0 Å². The first-order chi connectivity index (χ1) is 7.61. The zero-order valence-electron chi connectivity index (χ0n) is 8.74. The Hall–Kier alpha value is -0.650. The summed E-state index contributed by atoms with van der Waals surface area (Å²) in [5.74, 6) is 0. The molecule has 0 spiro atoms. The number of aryl methyl sites for hydroxylation is 1. The molecule has 0 saturated carbocycles. The summed E-state index contributed by atoms with van der Waals surface area (Å²) in [6.07, 6.45) is 1.91. The van der Waals surface area contributed by atoms with Crippen LogP contribution in [-0.4, -0.2) is 9.78 Å². The van der Waals surface area contributed by atoms with E-state index >= 15 is 0 Å². The molecule has 16 heavy (non-hydrogen) atoms. The lowest BCUT2D eigenvalue weighted by atomic mass is 10.2. The quantitative estimate of drug-likeness (QED) is 0.909. The van der Waals surface area contributed by atoms with E-state index in [0.29, 0.717) is 6.54 Å². The van der Waals surface area contributed by atoms with Crippen LogP contribution in [-0.2, 0) is 6.54 Å². The molecule has 1 heterocycles. The van der Waals surface area contributed by atoms with Crippen LogP contribution in [0.25, 0.3) is 5.69 Å². The van der Waals surface area contributed by atoms with Gasteiger partial charge in [0.05, 0.1) is 11.4 Å². The zero-order chi connectivity index (χ0) is 11.7. The van der Waals surface area contributed by atoms with Gasteiger partial charge in [-0.1, -0.05) is 0 Å². The molecular weight excluding hydrogens is 334 g/mol. The Balaban J connectivity index is 2.55. The minimum absolute atomic E-state index is 0.452. The summed E-state index contributed by atoms with van der Waals surface area (Å²) in [6, 6.07) is 6.03. The highest BCUT2D eigenvalue weighted by molar-refractivity contribution is 9.11. The molecule has 0 bridgehead atoms. The van der Waals surface area contributed by atoms with Gasteiger partial charge in [-0.2, -0.15) is 5.10 Å². The van der Waals surface area contributed by atoms with Gasteiger partial charge < -0.3 is 5.73 Å². The minimum atomic E-state index is 0.452. The normalized spacial score (nSPS) is 10.8. The second-order valence-electron chi connectivity index (χ2n) is 3.53. The maximum atomic E-state index is 5.54. The first-order valence-corrected chi connectivity index (χ1v) is 6.41. The molecule has 2 N–H and O–H groups in total. The van der Waals surface area contributed by atoms with Crippen LogP contribution in [0.5, 0.6) is 0 Å². The predicted molar refractivity (Wildman–Crippen MR) is 71.6 cm³/mol. The van der Waals surface area contributed by atoms with Crippen LogP contribution >= 0.6 is 31.9 Å². The van der Waals surface area contributed by atoms with Crippen molar-refractivity contribution >= 4 is 31.9 Å². The van der Waals surface area contributed by atoms with Gasteiger partial charge in [0.2, 0.25) is 0 Å². The lowest BCUT2D eigenvalue weighted by molar-refractivity contribution is 0.827. The standard InChI is InChI=1S/C11H11Br2N3/c1-7-4-9(12)11(10(13)5-7)16-3-2-8(6-14)15-16/h2-5H,6,14H2,1H3. The van der Waals surface area contributed by atoms with E-state index < -0.39 is 0 Å². The SMILES string of the molecule is Cc1cc(Br)c(-n2ccc(CN)n2)c(Br)c1. The Morgan fingerprint density at radius 2 is 1.94 bits per heavy atom. The smallest absolute Gasteiger partial charge is 0.0929 e. The van der Waals surface area contributed by atoms with Crippen molar-refractivity contribution in [1.82, 2.24) is 9.78 Å². The van der Waals surface area contributed by atoms with Crippen molar-refractivity contribution in [2.75, 3.05) is 0 Å². The molecule has 0 amide bonds. The molecule has 2 rings (SSSR count). The number of hydrogen-bond acceptors (Lipinski definition) is 2. The van der Waals surface area contributed by atoms with Crippen molar-refractivity contribution in [3.63, 3.8) is 0 Å². The summed E-state index contributed by atoms with van der Waals surface area (Å²) in [5, 5.41) is 4.38. The lowest BCUT2D eigenvalue weighted by Gasteiger charge is -2.08. The van der Waals surface area contributed by atoms with E-state index in [1.54, 1.807) is 0 Å². The van der Waals surface area contributed by atoms with Crippen molar-refractivity contribution in [1.29, 1.82) is 0 Å². The molecule has 0 aliphatic heterocycles. The Labute approximate surface area is 111 Å². The van der Waals surface area contributed by atoms with Gasteiger partial charge in [-0.25, -0.2) is 4.68 Å². The van der Waals surface area contributed by atoms with Crippen LogP contribution in [0.2, 0.25) is 0 Å². The highest BCUT2D eigenvalue weighted by Gasteiger charge is 2.09. The molecule has 0 aliphatic carbocycles. The van der Waals surface area contributed by atoms with Gasteiger partial charge in [-0.3, -0.25) is 0 Å². The lowest BCUT2D eigenvalue weighted by Crippen LogP contribution is -2.02. The molecule has 0 atom stereocenters. The first kappa shape index (κ1) is 11.8. The molecule has 0 aliphatic rings. The molecule has 1 aromatic carbocycles. The number of nitrogens with zero attached hydrogens (tertiary/aromatic N) is 2. The number of halogens is 2. The summed E-state index contributed by atoms with van der Waals surface area (Å²) in [6.45, 7) is 2.50. The van der Waals surface area contributed by atoms with Gasteiger partial charge in [0.1, 0.15) is 0 Å². The van der Waals surface area contributed by atoms with Crippen LogP contribution in [0.15, 0.2) is 33.3 Å². The number of aromatic nitrogens is 2. The van der Waals surface area contributed by atoms with Gasteiger partial charge in [-0.05, 0) is 62.5 Å². The number of hydrogen-bond donors (Lipinski definition) is 1. The maximum absolute atomic E-state index is 5.54. The second-order valence-corrected chi connectivity index (χ2v) is 5.24. The second kappa shape index (κ2) is 4.69. The summed E-state index contributed by atoms with van der Waals surface area (Å²) in [7, 11) is 0. The van der Waals surface area contributed by atoms with E-state index in [9.17, 15) is 0 Å². The summed E-state index contributed by atoms with van der Waals surface area (Å²) >= 11 is 7.09.